The number of urea groups is 1. The van der Waals surface area contributed by atoms with E-state index in [9.17, 15) is 9.59 Å². The first-order chi connectivity index (χ1) is 9.11. The summed E-state index contributed by atoms with van der Waals surface area (Å²) in [6.45, 7) is 1.62. The number of fused-ring (bicyclic) bond motifs is 1. The lowest BCUT2D eigenvalue weighted by Crippen LogP contribution is -2.47. The molecule has 1 aliphatic heterocycles. The minimum atomic E-state index is -1.10. The second-order valence-corrected chi connectivity index (χ2v) is 4.21. The lowest BCUT2D eigenvalue weighted by molar-refractivity contribution is -0.148. The summed E-state index contributed by atoms with van der Waals surface area (Å²) in [4.78, 5) is 28.4. The van der Waals surface area contributed by atoms with Crippen molar-refractivity contribution in [2.75, 3.05) is 20.2 Å². The van der Waals surface area contributed by atoms with Gasteiger partial charge in [0.05, 0.1) is 13.1 Å². The van der Waals surface area contributed by atoms with Crippen LogP contribution in [-0.4, -0.2) is 57.9 Å². The molecular formula is C11H16N4O4. The number of nitrogens with zero attached hydrogens (tertiary/aromatic N) is 3. The summed E-state index contributed by atoms with van der Waals surface area (Å²) in [6, 6.07) is -0.308. The molecule has 8 heteroatoms. The van der Waals surface area contributed by atoms with Gasteiger partial charge in [-0.25, -0.2) is 14.6 Å². The Kier molecular flexibility index (Phi) is 4.00. The van der Waals surface area contributed by atoms with Gasteiger partial charge in [-0.15, -0.1) is 0 Å². The highest BCUT2D eigenvalue weighted by Gasteiger charge is 2.23. The number of methoxy groups -OCH3 is 1. The van der Waals surface area contributed by atoms with Crippen LogP contribution >= 0.6 is 0 Å². The highest BCUT2D eigenvalue weighted by atomic mass is 16.5. The molecule has 104 valence electrons. The van der Waals surface area contributed by atoms with Crippen LogP contribution in [0.15, 0.2) is 12.4 Å². The van der Waals surface area contributed by atoms with E-state index in [2.05, 4.69) is 10.3 Å². The van der Waals surface area contributed by atoms with Gasteiger partial charge in [0.25, 0.3) is 0 Å². The van der Waals surface area contributed by atoms with Crippen LogP contribution < -0.4 is 5.32 Å². The van der Waals surface area contributed by atoms with Gasteiger partial charge in [-0.3, -0.25) is 0 Å². The molecule has 1 aliphatic rings. The average Bonchev–Trinajstić information content (AvgIpc) is 2.85. The first-order valence-corrected chi connectivity index (χ1v) is 5.90. The number of nitrogens with one attached hydrogen (secondary N) is 1. The number of carbonyl (C=O) groups excluding carboxylic acids is 1. The molecule has 0 bridgehead atoms. The Morgan fingerprint density at radius 2 is 2.37 bits per heavy atom. The van der Waals surface area contributed by atoms with Gasteiger partial charge in [-0.1, -0.05) is 0 Å². The molecule has 1 atom stereocenters. The molecule has 0 radical (unpaired) electrons. The van der Waals surface area contributed by atoms with E-state index in [1.807, 2.05) is 10.8 Å². The van der Waals surface area contributed by atoms with Crippen molar-refractivity contribution in [1.82, 2.24) is 19.8 Å². The number of ether oxygens (including phenoxy) is 1. The monoisotopic (exact) mass is 268 g/mol. The van der Waals surface area contributed by atoms with Crippen molar-refractivity contribution >= 4 is 12.0 Å². The lowest BCUT2D eigenvalue weighted by Gasteiger charge is -2.28. The predicted molar refractivity (Wildman–Crippen MR) is 64.5 cm³/mol. The Morgan fingerprint density at radius 3 is 3.05 bits per heavy atom. The van der Waals surface area contributed by atoms with E-state index in [1.165, 1.54) is 7.11 Å². The largest absolute Gasteiger partial charge is 0.479 e. The number of aliphatic carboxylic acids is 1. The average molecular weight is 268 g/mol. The van der Waals surface area contributed by atoms with E-state index < -0.39 is 12.1 Å². The van der Waals surface area contributed by atoms with Gasteiger partial charge in [0, 0.05) is 32.6 Å². The fourth-order valence-electron chi connectivity index (χ4n) is 1.91. The number of hydrogen-bond donors (Lipinski definition) is 2. The normalized spacial score (nSPS) is 15.7. The van der Waals surface area contributed by atoms with E-state index in [0.717, 1.165) is 5.82 Å². The molecule has 2 rings (SSSR count). The Hall–Kier alpha value is -2.09. The van der Waals surface area contributed by atoms with Crippen LogP contribution in [0.25, 0.3) is 0 Å². The number of carboxylic acids is 1. The Balaban J connectivity index is 1.86. The third kappa shape index (κ3) is 3.02. The Bertz CT molecular complexity index is 473. The second-order valence-electron chi connectivity index (χ2n) is 4.21. The molecule has 2 heterocycles. The minimum Gasteiger partial charge on any atom is -0.479 e. The minimum absolute atomic E-state index is 0.0599. The summed E-state index contributed by atoms with van der Waals surface area (Å²) in [5, 5.41) is 11.3. The van der Waals surface area contributed by atoms with Crippen molar-refractivity contribution in [3.8, 4) is 0 Å². The number of aromatic nitrogens is 2. The predicted octanol–water partition coefficient (Wildman–Crippen LogP) is -0.492. The fraction of sp³-hybridized carbons (Fsp3) is 0.545. The van der Waals surface area contributed by atoms with E-state index >= 15 is 0 Å². The van der Waals surface area contributed by atoms with Crippen molar-refractivity contribution in [2.45, 2.75) is 19.2 Å². The maximum Gasteiger partial charge on any atom is 0.334 e. The van der Waals surface area contributed by atoms with Gasteiger partial charge in [-0.2, -0.15) is 0 Å². The molecule has 0 aliphatic carbocycles. The standard InChI is InChI=1S/C11H16N4O4/c1-19-8(10(16)17)6-13-11(18)15-5-4-14-3-2-12-9(14)7-15/h2-3,8H,4-7H2,1H3,(H,13,18)(H,16,17). The fourth-order valence-corrected chi connectivity index (χ4v) is 1.91. The highest BCUT2D eigenvalue weighted by Crippen LogP contribution is 2.09. The van der Waals surface area contributed by atoms with Crippen LogP contribution in [-0.2, 0) is 22.6 Å². The smallest absolute Gasteiger partial charge is 0.334 e. The van der Waals surface area contributed by atoms with Crippen LogP contribution in [0.3, 0.4) is 0 Å². The van der Waals surface area contributed by atoms with Crippen molar-refractivity contribution in [1.29, 1.82) is 0 Å². The van der Waals surface area contributed by atoms with E-state index in [1.54, 1.807) is 11.1 Å². The van der Waals surface area contributed by atoms with Gasteiger partial charge >= 0.3 is 12.0 Å². The summed E-state index contributed by atoms with van der Waals surface area (Å²) in [6.07, 6.45) is 2.54. The van der Waals surface area contributed by atoms with Crippen molar-refractivity contribution in [3.05, 3.63) is 18.2 Å². The van der Waals surface area contributed by atoms with Gasteiger partial charge in [0.2, 0.25) is 0 Å². The summed E-state index contributed by atoms with van der Waals surface area (Å²) in [5.74, 6) is -0.278. The maximum atomic E-state index is 11.9. The third-order valence-electron chi connectivity index (χ3n) is 3.03. The van der Waals surface area contributed by atoms with E-state index in [4.69, 9.17) is 9.84 Å². The molecule has 2 N–H and O–H groups in total. The van der Waals surface area contributed by atoms with Crippen LogP contribution in [0, 0.1) is 0 Å². The van der Waals surface area contributed by atoms with E-state index in [0.29, 0.717) is 19.6 Å². The summed E-state index contributed by atoms with van der Waals surface area (Å²) in [7, 11) is 1.29. The number of hydrogen-bond acceptors (Lipinski definition) is 4. The molecule has 2 amide bonds. The third-order valence-corrected chi connectivity index (χ3v) is 3.03. The molecule has 0 aromatic carbocycles. The quantitative estimate of drug-likeness (QED) is 0.768. The SMILES string of the molecule is COC(CNC(=O)N1CCn2ccnc2C1)C(=O)O. The van der Waals surface area contributed by atoms with Crippen LogP contribution in [0.1, 0.15) is 5.82 Å². The molecule has 1 aromatic heterocycles. The molecule has 1 unspecified atom stereocenters. The molecule has 0 fully saturated rings. The summed E-state index contributed by atoms with van der Waals surface area (Å²) in [5.41, 5.74) is 0. The van der Waals surface area contributed by atoms with E-state index in [-0.39, 0.29) is 12.6 Å². The summed E-state index contributed by atoms with van der Waals surface area (Å²) >= 11 is 0. The Labute approximate surface area is 110 Å². The molecule has 0 saturated heterocycles. The van der Waals surface area contributed by atoms with Gasteiger partial charge in [0.15, 0.2) is 6.10 Å². The maximum absolute atomic E-state index is 11.9. The molecule has 1 aromatic rings. The zero-order valence-electron chi connectivity index (χ0n) is 10.6. The molecular weight excluding hydrogens is 252 g/mol. The first kappa shape index (κ1) is 13.3. The second kappa shape index (κ2) is 5.70. The van der Waals surface area contributed by atoms with Crippen LogP contribution in [0.5, 0.6) is 0 Å². The number of carbonyl (C=O) groups is 2. The topological polar surface area (TPSA) is 96.7 Å². The molecule has 0 saturated carbocycles. The van der Waals surface area contributed by atoms with Crippen molar-refractivity contribution in [3.63, 3.8) is 0 Å². The van der Waals surface area contributed by atoms with Crippen molar-refractivity contribution in [2.24, 2.45) is 0 Å². The van der Waals surface area contributed by atoms with Crippen LogP contribution in [0.4, 0.5) is 4.79 Å². The van der Waals surface area contributed by atoms with Gasteiger partial charge in [-0.05, 0) is 0 Å². The number of imidazole rings is 1. The zero-order valence-corrected chi connectivity index (χ0v) is 10.6. The van der Waals surface area contributed by atoms with Gasteiger partial charge in [0.1, 0.15) is 5.82 Å². The van der Waals surface area contributed by atoms with Crippen LogP contribution in [0.2, 0.25) is 0 Å². The molecule has 8 nitrogen and oxygen atoms in total. The number of amides is 2. The molecule has 0 spiro atoms. The lowest BCUT2D eigenvalue weighted by atomic mass is 10.3. The number of rotatable bonds is 4. The van der Waals surface area contributed by atoms with Gasteiger partial charge < -0.3 is 24.6 Å². The zero-order chi connectivity index (χ0) is 13.8. The highest BCUT2D eigenvalue weighted by molar-refractivity contribution is 5.77. The Morgan fingerprint density at radius 1 is 1.58 bits per heavy atom. The number of carboxylic acid groups (broad SMARTS) is 1. The van der Waals surface area contributed by atoms with Crippen molar-refractivity contribution < 1.29 is 19.4 Å². The first-order valence-electron chi connectivity index (χ1n) is 5.90. The molecule has 19 heavy (non-hydrogen) atoms. The summed E-state index contributed by atoms with van der Waals surface area (Å²) < 4.78 is 6.73.